The Morgan fingerprint density at radius 3 is 2.57 bits per heavy atom. The Bertz CT molecular complexity index is 782. The van der Waals surface area contributed by atoms with Gasteiger partial charge in [-0.1, -0.05) is 42.5 Å². The molecule has 5 rings (SSSR count). The number of likely N-dealkylation sites (tertiary alicyclic amines) is 1. The third-order valence-corrected chi connectivity index (χ3v) is 7.14. The minimum Gasteiger partial charge on any atom is -0.441 e. The summed E-state index contributed by atoms with van der Waals surface area (Å²) in [5.74, 6) is 1.56. The lowest BCUT2D eigenvalue weighted by Gasteiger charge is -2.39. The number of rotatable bonds is 4. The third kappa shape index (κ3) is 3.21. The van der Waals surface area contributed by atoms with Crippen LogP contribution in [0.4, 0.5) is 4.79 Å². The normalized spacial score (nSPS) is 30.3. The quantitative estimate of drug-likeness (QED) is 0.754. The van der Waals surface area contributed by atoms with Crippen LogP contribution in [0, 0.1) is 17.8 Å². The number of hydrogen-bond acceptors (Lipinski definition) is 3. The molecule has 1 spiro atoms. The van der Waals surface area contributed by atoms with Crippen LogP contribution >= 0.6 is 0 Å². The highest BCUT2D eigenvalue weighted by Gasteiger charge is 2.49. The highest BCUT2D eigenvalue weighted by atomic mass is 16.6. The summed E-state index contributed by atoms with van der Waals surface area (Å²) in [4.78, 5) is 29.2. The van der Waals surface area contributed by atoms with Crippen LogP contribution in [-0.2, 0) is 16.0 Å². The van der Waals surface area contributed by atoms with Crippen LogP contribution in [0.15, 0.2) is 42.5 Å². The summed E-state index contributed by atoms with van der Waals surface area (Å²) in [6.45, 7) is 2.74. The molecule has 5 nitrogen and oxygen atoms in total. The molecule has 2 bridgehead atoms. The molecule has 1 saturated carbocycles. The van der Waals surface area contributed by atoms with Crippen LogP contribution in [0.25, 0.3) is 0 Å². The first-order valence-corrected chi connectivity index (χ1v) is 10.6. The van der Waals surface area contributed by atoms with E-state index in [0.717, 1.165) is 32.1 Å². The van der Waals surface area contributed by atoms with Crippen molar-refractivity contribution in [3.63, 3.8) is 0 Å². The zero-order valence-electron chi connectivity index (χ0n) is 16.3. The molecule has 1 aromatic rings. The Balaban J connectivity index is 1.15. The molecule has 148 valence electrons. The van der Waals surface area contributed by atoms with Gasteiger partial charge >= 0.3 is 6.09 Å². The summed E-state index contributed by atoms with van der Waals surface area (Å²) in [5, 5.41) is 0. The monoisotopic (exact) mass is 380 g/mol. The number of carbonyl (C=O) groups is 2. The number of hydrogen-bond donors (Lipinski definition) is 0. The van der Waals surface area contributed by atoms with Gasteiger partial charge < -0.3 is 14.5 Å². The van der Waals surface area contributed by atoms with E-state index in [0.29, 0.717) is 43.9 Å². The first-order valence-electron chi connectivity index (χ1n) is 10.6. The van der Waals surface area contributed by atoms with E-state index >= 15 is 0 Å². The molecule has 3 atom stereocenters. The minimum atomic E-state index is -0.404. The zero-order valence-corrected chi connectivity index (χ0v) is 16.3. The zero-order chi connectivity index (χ0) is 19.1. The maximum Gasteiger partial charge on any atom is 0.410 e. The summed E-state index contributed by atoms with van der Waals surface area (Å²) in [7, 11) is 0. The molecule has 28 heavy (non-hydrogen) atoms. The molecule has 1 aromatic carbocycles. The van der Waals surface area contributed by atoms with Crippen LogP contribution in [0.1, 0.15) is 31.2 Å². The summed E-state index contributed by atoms with van der Waals surface area (Å²) >= 11 is 0. The fraction of sp³-hybridized carbons (Fsp3) is 0.565. The van der Waals surface area contributed by atoms with E-state index in [2.05, 4.69) is 24.3 Å². The largest absolute Gasteiger partial charge is 0.441 e. The molecule has 3 unspecified atom stereocenters. The average molecular weight is 380 g/mol. The third-order valence-electron chi connectivity index (χ3n) is 7.14. The second kappa shape index (κ2) is 6.94. The topological polar surface area (TPSA) is 49.9 Å². The first kappa shape index (κ1) is 17.8. The van der Waals surface area contributed by atoms with Gasteiger partial charge in [-0.2, -0.15) is 0 Å². The minimum absolute atomic E-state index is 0.178. The predicted octanol–water partition coefficient (Wildman–Crippen LogP) is 3.25. The number of ether oxygens (including phenoxy) is 1. The SMILES string of the molecule is O=C1OC2(CCN(C(=O)C3CC4C=CC3C4)CC2)CN1CCc1ccccc1. The van der Waals surface area contributed by atoms with Crippen LogP contribution < -0.4 is 0 Å². The Labute approximate surface area is 166 Å². The van der Waals surface area contributed by atoms with Crippen molar-refractivity contribution in [2.24, 2.45) is 17.8 Å². The molecule has 2 amide bonds. The Morgan fingerprint density at radius 1 is 1.11 bits per heavy atom. The summed E-state index contributed by atoms with van der Waals surface area (Å²) in [6, 6.07) is 10.2. The fourth-order valence-corrected chi connectivity index (χ4v) is 5.47. The molecule has 3 fully saturated rings. The lowest BCUT2D eigenvalue weighted by molar-refractivity contribution is -0.139. The van der Waals surface area contributed by atoms with E-state index in [1.165, 1.54) is 5.56 Å². The maximum atomic E-state index is 13.0. The lowest BCUT2D eigenvalue weighted by Crippen LogP contribution is -2.50. The maximum absolute atomic E-state index is 13.0. The van der Waals surface area contributed by atoms with E-state index in [-0.39, 0.29) is 12.0 Å². The van der Waals surface area contributed by atoms with Crippen LogP contribution in [-0.4, -0.2) is 53.6 Å². The van der Waals surface area contributed by atoms with Gasteiger partial charge in [0.05, 0.1) is 6.54 Å². The van der Waals surface area contributed by atoms with Crippen molar-refractivity contribution in [3.8, 4) is 0 Å². The predicted molar refractivity (Wildman–Crippen MR) is 106 cm³/mol. The summed E-state index contributed by atoms with van der Waals surface area (Å²) in [5.41, 5.74) is 0.829. The molecule has 4 aliphatic rings. The molecule has 2 aliphatic carbocycles. The van der Waals surface area contributed by atoms with Crippen molar-refractivity contribution in [2.45, 2.75) is 37.7 Å². The summed E-state index contributed by atoms with van der Waals surface area (Å²) < 4.78 is 5.83. The number of amides is 2. The molecule has 2 saturated heterocycles. The van der Waals surface area contributed by atoms with Gasteiger partial charge in [-0.15, -0.1) is 0 Å². The van der Waals surface area contributed by atoms with Gasteiger partial charge in [-0.25, -0.2) is 4.79 Å². The van der Waals surface area contributed by atoms with Crippen molar-refractivity contribution in [2.75, 3.05) is 26.2 Å². The molecular weight excluding hydrogens is 352 g/mol. The van der Waals surface area contributed by atoms with E-state index < -0.39 is 5.60 Å². The molecule has 2 aliphatic heterocycles. The lowest BCUT2D eigenvalue weighted by atomic mass is 9.88. The molecule has 0 aromatic heterocycles. The number of benzene rings is 1. The standard InChI is InChI=1S/C23H28N2O3/c26-21(20-15-18-6-7-19(20)14-18)24-12-9-23(10-13-24)16-25(22(27)28-23)11-8-17-4-2-1-3-5-17/h1-7,18-20H,8-16H2. The van der Waals surface area contributed by atoms with Gasteiger partial charge in [0.15, 0.2) is 0 Å². The van der Waals surface area contributed by atoms with Crippen molar-refractivity contribution in [3.05, 3.63) is 48.0 Å². The van der Waals surface area contributed by atoms with Crippen LogP contribution in [0.3, 0.4) is 0 Å². The van der Waals surface area contributed by atoms with Gasteiger partial charge in [0.2, 0.25) is 5.91 Å². The number of fused-ring (bicyclic) bond motifs is 2. The highest BCUT2D eigenvalue weighted by Crippen LogP contribution is 2.44. The Kier molecular flexibility index (Phi) is 4.41. The molecule has 2 heterocycles. The van der Waals surface area contributed by atoms with E-state index in [9.17, 15) is 9.59 Å². The van der Waals surface area contributed by atoms with Crippen molar-refractivity contribution >= 4 is 12.0 Å². The number of piperidine rings is 1. The van der Waals surface area contributed by atoms with Gasteiger partial charge in [0, 0.05) is 38.4 Å². The first-order chi connectivity index (χ1) is 13.6. The van der Waals surface area contributed by atoms with E-state index in [1.54, 1.807) is 0 Å². The van der Waals surface area contributed by atoms with Crippen molar-refractivity contribution < 1.29 is 14.3 Å². The van der Waals surface area contributed by atoms with E-state index in [1.807, 2.05) is 28.0 Å². The van der Waals surface area contributed by atoms with Crippen LogP contribution in [0.5, 0.6) is 0 Å². The second-order valence-electron chi connectivity index (χ2n) is 8.92. The smallest absolute Gasteiger partial charge is 0.410 e. The Hall–Kier alpha value is -2.30. The van der Waals surface area contributed by atoms with Crippen molar-refractivity contribution in [1.82, 2.24) is 9.80 Å². The van der Waals surface area contributed by atoms with Crippen LogP contribution in [0.2, 0.25) is 0 Å². The number of allylic oxidation sites excluding steroid dienone is 2. The van der Waals surface area contributed by atoms with Gasteiger partial charge in [0.1, 0.15) is 5.60 Å². The van der Waals surface area contributed by atoms with E-state index in [4.69, 9.17) is 4.74 Å². The summed E-state index contributed by atoms with van der Waals surface area (Å²) in [6.07, 6.45) is 8.84. The molecule has 0 radical (unpaired) electrons. The van der Waals surface area contributed by atoms with Gasteiger partial charge in [-0.3, -0.25) is 4.79 Å². The number of nitrogens with zero attached hydrogens (tertiary/aromatic N) is 2. The number of carbonyl (C=O) groups excluding carboxylic acids is 2. The molecule has 0 N–H and O–H groups in total. The van der Waals surface area contributed by atoms with Gasteiger partial charge in [-0.05, 0) is 36.7 Å². The Morgan fingerprint density at radius 2 is 1.89 bits per heavy atom. The highest BCUT2D eigenvalue weighted by molar-refractivity contribution is 5.80. The van der Waals surface area contributed by atoms with Gasteiger partial charge in [0.25, 0.3) is 0 Å². The molecular formula is C23H28N2O3. The fourth-order valence-electron chi connectivity index (χ4n) is 5.47. The molecule has 5 heteroatoms. The van der Waals surface area contributed by atoms with Crippen molar-refractivity contribution in [1.29, 1.82) is 0 Å². The average Bonchev–Trinajstić information content (AvgIpc) is 3.42. The second-order valence-corrected chi connectivity index (χ2v) is 8.92.